The fourth-order valence-electron chi connectivity index (χ4n) is 1.23. The van der Waals surface area contributed by atoms with E-state index in [2.05, 4.69) is 6.92 Å². The van der Waals surface area contributed by atoms with E-state index in [0.29, 0.717) is 11.3 Å². The van der Waals surface area contributed by atoms with Crippen molar-refractivity contribution in [2.24, 2.45) is 17.6 Å². The van der Waals surface area contributed by atoms with Gasteiger partial charge in [-0.25, -0.2) is 0 Å². The van der Waals surface area contributed by atoms with E-state index in [4.69, 9.17) is 17.3 Å². The van der Waals surface area contributed by atoms with Gasteiger partial charge in [-0.15, -0.1) is 11.6 Å². The summed E-state index contributed by atoms with van der Waals surface area (Å²) < 4.78 is 0. The van der Waals surface area contributed by atoms with Crippen LogP contribution < -0.4 is 5.73 Å². The van der Waals surface area contributed by atoms with Crippen molar-refractivity contribution in [3.05, 3.63) is 0 Å². The second kappa shape index (κ2) is 2.24. The molecule has 0 aliphatic heterocycles. The summed E-state index contributed by atoms with van der Waals surface area (Å²) in [4.78, 5) is 0. The molecule has 1 rings (SSSR count). The van der Waals surface area contributed by atoms with E-state index in [-0.39, 0.29) is 0 Å². The van der Waals surface area contributed by atoms with Crippen molar-refractivity contribution in [3.8, 4) is 0 Å². The van der Waals surface area contributed by atoms with Crippen molar-refractivity contribution >= 4 is 11.6 Å². The Morgan fingerprint density at radius 2 is 2.12 bits per heavy atom. The zero-order valence-electron chi connectivity index (χ0n) is 5.10. The molecule has 3 unspecified atom stereocenters. The molecule has 0 saturated heterocycles. The van der Waals surface area contributed by atoms with Gasteiger partial charge < -0.3 is 5.73 Å². The van der Waals surface area contributed by atoms with Crippen LogP contribution in [-0.2, 0) is 0 Å². The summed E-state index contributed by atoms with van der Waals surface area (Å²) in [5, 5.41) is 0.394. The van der Waals surface area contributed by atoms with Crippen molar-refractivity contribution in [2.45, 2.75) is 18.7 Å². The second-order valence-corrected chi connectivity index (χ2v) is 2.92. The lowest BCUT2D eigenvalue weighted by Gasteiger charge is -1.84. The van der Waals surface area contributed by atoms with Crippen LogP contribution in [-0.4, -0.2) is 11.9 Å². The number of hydrogen-bond donors (Lipinski definition) is 1. The molecule has 0 heterocycles. The minimum atomic E-state index is 0.394. The van der Waals surface area contributed by atoms with E-state index in [0.717, 1.165) is 12.5 Å². The summed E-state index contributed by atoms with van der Waals surface area (Å²) in [6.07, 6.45) is 1.19. The summed E-state index contributed by atoms with van der Waals surface area (Å²) in [5.74, 6) is 1.35. The monoisotopic (exact) mass is 133 g/mol. The Kier molecular flexibility index (Phi) is 1.78. The highest BCUT2D eigenvalue weighted by Gasteiger charge is 2.45. The largest absolute Gasteiger partial charge is 0.330 e. The summed E-state index contributed by atoms with van der Waals surface area (Å²) in [7, 11) is 0. The third kappa shape index (κ3) is 0.848. The zero-order valence-corrected chi connectivity index (χ0v) is 5.86. The Morgan fingerprint density at radius 1 is 1.50 bits per heavy atom. The predicted molar refractivity (Wildman–Crippen MR) is 36.0 cm³/mol. The Balaban J connectivity index is 2.23. The van der Waals surface area contributed by atoms with Gasteiger partial charge in [0.1, 0.15) is 0 Å². The van der Waals surface area contributed by atoms with Gasteiger partial charge in [0.2, 0.25) is 0 Å². The van der Waals surface area contributed by atoms with E-state index in [9.17, 15) is 0 Å². The second-order valence-electron chi connectivity index (χ2n) is 2.42. The molecule has 0 spiro atoms. The first-order valence-corrected chi connectivity index (χ1v) is 3.59. The number of halogens is 1. The first-order valence-electron chi connectivity index (χ1n) is 3.15. The molecule has 1 aliphatic carbocycles. The fourth-order valence-corrected chi connectivity index (χ4v) is 1.80. The van der Waals surface area contributed by atoms with Gasteiger partial charge >= 0.3 is 0 Å². The SMILES string of the molecule is CCC1C(Cl)C1CN. The third-order valence-corrected chi connectivity index (χ3v) is 2.62. The normalized spacial score (nSPS) is 44.6. The molecule has 1 nitrogen and oxygen atoms in total. The van der Waals surface area contributed by atoms with Gasteiger partial charge in [0, 0.05) is 5.38 Å². The molecule has 1 fully saturated rings. The van der Waals surface area contributed by atoms with Gasteiger partial charge in [-0.05, 0) is 18.4 Å². The van der Waals surface area contributed by atoms with Crippen molar-refractivity contribution in [2.75, 3.05) is 6.54 Å². The molecule has 0 radical (unpaired) electrons. The molecule has 8 heavy (non-hydrogen) atoms. The molecule has 3 atom stereocenters. The number of alkyl halides is 1. The summed E-state index contributed by atoms with van der Waals surface area (Å²) in [6.45, 7) is 2.93. The number of hydrogen-bond acceptors (Lipinski definition) is 1. The van der Waals surface area contributed by atoms with Crippen molar-refractivity contribution in [3.63, 3.8) is 0 Å². The van der Waals surface area contributed by atoms with Crippen LogP contribution in [0.2, 0.25) is 0 Å². The first-order chi connectivity index (χ1) is 3.81. The van der Waals surface area contributed by atoms with Crippen LogP contribution in [0.5, 0.6) is 0 Å². The summed E-state index contributed by atoms with van der Waals surface area (Å²) in [6, 6.07) is 0. The van der Waals surface area contributed by atoms with Crippen LogP contribution in [0.1, 0.15) is 13.3 Å². The van der Waals surface area contributed by atoms with Gasteiger partial charge in [-0.2, -0.15) is 0 Å². The molecule has 0 aromatic rings. The van der Waals surface area contributed by atoms with Crippen LogP contribution in [0.3, 0.4) is 0 Å². The minimum absolute atomic E-state index is 0.394. The van der Waals surface area contributed by atoms with Crippen LogP contribution in [0, 0.1) is 11.8 Å². The van der Waals surface area contributed by atoms with E-state index in [1.807, 2.05) is 0 Å². The quantitative estimate of drug-likeness (QED) is 0.563. The fraction of sp³-hybridized carbons (Fsp3) is 1.00. The maximum atomic E-state index is 5.84. The molecule has 0 aromatic heterocycles. The van der Waals surface area contributed by atoms with Gasteiger partial charge in [0.15, 0.2) is 0 Å². The third-order valence-electron chi connectivity index (χ3n) is 1.97. The highest BCUT2D eigenvalue weighted by atomic mass is 35.5. The van der Waals surface area contributed by atoms with Crippen molar-refractivity contribution in [1.29, 1.82) is 0 Å². The predicted octanol–water partition coefficient (Wildman–Crippen LogP) is 1.21. The lowest BCUT2D eigenvalue weighted by Crippen LogP contribution is -2.02. The average Bonchev–Trinajstić information content (AvgIpc) is 2.40. The Morgan fingerprint density at radius 3 is 2.25 bits per heavy atom. The topological polar surface area (TPSA) is 26.0 Å². The van der Waals surface area contributed by atoms with E-state index in [1.54, 1.807) is 0 Å². The lowest BCUT2D eigenvalue weighted by molar-refractivity contribution is 0.687. The van der Waals surface area contributed by atoms with Crippen molar-refractivity contribution in [1.82, 2.24) is 0 Å². The maximum Gasteiger partial charge on any atom is 0.0411 e. The highest BCUT2D eigenvalue weighted by Crippen LogP contribution is 2.45. The lowest BCUT2D eigenvalue weighted by atomic mass is 10.3. The molecule has 2 heteroatoms. The average molecular weight is 134 g/mol. The Hall–Kier alpha value is 0.250. The molecule has 0 amide bonds. The highest BCUT2D eigenvalue weighted by molar-refractivity contribution is 6.23. The zero-order chi connectivity index (χ0) is 6.15. The van der Waals surface area contributed by atoms with Gasteiger partial charge in [0.05, 0.1) is 0 Å². The molecule has 0 aromatic carbocycles. The molecular weight excluding hydrogens is 122 g/mol. The van der Waals surface area contributed by atoms with Gasteiger partial charge in [-0.3, -0.25) is 0 Å². The molecule has 2 N–H and O–H groups in total. The van der Waals surface area contributed by atoms with Gasteiger partial charge in [-0.1, -0.05) is 13.3 Å². The molecule has 1 aliphatic rings. The molecular formula is C6H12ClN. The first kappa shape index (κ1) is 6.37. The number of nitrogens with two attached hydrogens (primary N) is 1. The van der Waals surface area contributed by atoms with Crippen LogP contribution >= 0.6 is 11.6 Å². The maximum absolute atomic E-state index is 5.84. The standard InChI is InChI=1S/C6H12ClN/c1-2-4-5(3-8)6(4)7/h4-6H,2-3,8H2,1H3. The summed E-state index contributed by atoms with van der Waals surface area (Å²) in [5.41, 5.74) is 5.41. The minimum Gasteiger partial charge on any atom is -0.330 e. The number of rotatable bonds is 2. The van der Waals surface area contributed by atoms with Crippen LogP contribution in [0.25, 0.3) is 0 Å². The summed E-state index contributed by atoms with van der Waals surface area (Å²) >= 11 is 5.84. The Labute approximate surface area is 55.2 Å². The van der Waals surface area contributed by atoms with E-state index in [1.165, 1.54) is 6.42 Å². The van der Waals surface area contributed by atoms with Crippen LogP contribution in [0.4, 0.5) is 0 Å². The smallest absolute Gasteiger partial charge is 0.0411 e. The molecule has 0 bridgehead atoms. The molecule has 48 valence electrons. The van der Waals surface area contributed by atoms with Crippen molar-refractivity contribution < 1.29 is 0 Å². The van der Waals surface area contributed by atoms with Crippen LogP contribution in [0.15, 0.2) is 0 Å². The Bertz CT molecular complexity index is 74.6. The van der Waals surface area contributed by atoms with E-state index >= 15 is 0 Å². The van der Waals surface area contributed by atoms with Gasteiger partial charge in [0.25, 0.3) is 0 Å². The van der Waals surface area contributed by atoms with E-state index < -0.39 is 0 Å². The molecule has 1 saturated carbocycles.